The second kappa shape index (κ2) is 6.30. The fourth-order valence-electron chi connectivity index (χ4n) is 2.06. The van der Waals surface area contributed by atoms with Crippen molar-refractivity contribution in [1.82, 2.24) is 15.0 Å². The molecule has 0 aliphatic rings. The molecule has 0 unspecified atom stereocenters. The Morgan fingerprint density at radius 3 is 2.25 bits per heavy atom. The number of rotatable bonds is 5. The summed E-state index contributed by atoms with van der Waals surface area (Å²) >= 11 is 0. The molecule has 0 saturated carbocycles. The van der Waals surface area contributed by atoms with Gasteiger partial charge in [-0.2, -0.15) is 13.2 Å². The van der Waals surface area contributed by atoms with Crippen LogP contribution in [0.25, 0.3) is 5.69 Å². The van der Waals surface area contributed by atoms with Crippen LogP contribution in [0.3, 0.4) is 0 Å². The standard InChI is InChI=1S/C14H12F3N3O4/c1-7(12(21)22)6-8-2-4-9(5-3-8)20-10(13(23)24)11(18-19-20)14(15,16)17/h2-5,7H,6H2,1H3,(H,21,22)(H,23,24)/t7-/m0/s1. The molecule has 1 heterocycles. The molecule has 0 aliphatic carbocycles. The van der Waals surface area contributed by atoms with Gasteiger partial charge in [0, 0.05) is 0 Å². The van der Waals surface area contributed by atoms with Gasteiger partial charge in [-0.3, -0.25) is 4.79 Å². The Kier molecular flexibility index (Phi) is 4.58. The molecule has 0 saturated heterocycles. The lowest BCUT2D eigenvalue weighted by atomic mass is 10.0. The summed E-state index contributed by atoms with van der Waals surface area (Å²) in [7, 11) is 0. The van der Waals surface area contributed by atoms with Crippen LogP contribution in [-0.2, 0) is 17.4 Å². The van der Waals surface area contributed by atoms with E-state index in [4.69, 9.17) is 10.2 Å². The van der Waals surface area contributed by atoms with Gasteiger partial charge < -0.3 is 10.2 Å². The normalized spacial score (nSPS) is 12.8. The molecule has 1 aromatic heterocycles. The summed E-state index contributed by atoms with van der Waals surface area (Å²) in [5.74, 6) is -3.41. The predicted molar refractivity (Wildman–Crippen MR) is 73.8 cm³/mol. The Hall–Kier alpha value is -2.91. The van der Waals surface area contributed by atoms with E-state index in [1.807, 2.05) is 0 Å². The number of hydrogen-bond acceptors (Lipinski definition) is 4. The molecule has 24 heavy (non-hydrogen) atoms. The van der Waals surface area contributed by atoms with Crippen molar-refractivity contribution >= 4 is 11.9 Å². The summed E-state index contributed by atoms with van der Waals surface area (Å²) in [5, 5.41) is 24.1. The number of benzene rings is 1. The van der Waals surface area contributed by atoms with Crippen molar-refractivity contribution in [2.24, 2.45) is 5.92 Å². The van der Waals surface area contributed by atoms with E-state index in [-0.39, 0.29) is 12.1 Å². The van der Waals surface area contributed by atoms with Crippen LogP contribution >= 0.6 is 0 Å². The average molecular weight is 343 g/mol. The first-order valence-electron chi connectivity index (χ1n) is 6.69. The van der Waals surface area contributed by atoms with Gasteiger partial charge in [0.15, 0.2) is 5.69 Å². The SMILES string of the molecule is C[C@@H](Cc1ccc(-n2nnc(C(F)(F)F)c2C(=O)O)cc1)C(=O)O. The Morgan fingerprint density at radius 1 is 1.21 bits per heavy atom. The fourth-order valence-corrected chi connectivity index (χ4v) is 2.06. The van der Waals surface area contributed by atoms with E-state index in [0.29, 0.717) is 10.2 Å². The zero-order valence-electron chi connectivity index (χ0n) is 12.3. The Balaban J connectivity index is 2.38. The molecule has 0 amide bonds. The first-order chi connectivity index (χ1) is 11.1. The highest BCUT2D eigenvalue weighted by Crippen LogP contribution is 2.31. The topological polar surface area (TPSA) is 105 Å². The number of halogens is 3. The predicted octanol–water partition coefficient (Wildman–Crippen LogP) is 2.25. The van der Waals surface area contributed by atoms with Crippen molar-refractivity contribution in [3.8, 4) is 5.69 Å². The zero-order valence-corrected chi connectivity index (χ0v) is 12.3. The summed E-state index contributed by atoms with van der Waals surface area (Å²) in [5.41, 5.74) is -1.96. The Morgan fingerprint density at radius 2 is 1.79 bits per heavy atom. The van der Waals surface area contributed by atoms with Crippen molar-refractivity contribution in [2.45, 2.75) is 19.5 Å². The number of alkyl halides is 3. The third kappa shape index (κ3) is 3.53. The summed E-state index contributed by atoms with van der Waals surface area (Å²) in [6, 6.07) is 5.70. The minimum Gasteiger partial charge on any atom is -0.481 e. The number of carboxylic acids is 2. The third-order valence-corrected chi connectivity index (χ3v) is 3.29. The van der Waals surface area contributed by atoms with Crippen molar-refractivity contribution < 1.29 is 33.0 Å². The average Bonchev–Trinajstić information content (AvgIpc) is 2.93. The van der Waals surface area contributed by atoms with Gasteiger partial charge in [0.25, 0.3) is 0 Å². The van der Waals surface area contributed by atoms with E-state index in [9.17, 15) is 22.8 Å². The van der Waals surface area contributed by atoms with E-state index in [1.165, 1.54) is 31.2 Å². The van der Waals surface area contributed by atoms with Gasteiger partial charge in [-0.1, -0.05) is 24.3 Å². The number of hydrogen-bond donors (Lipinski definition) is 2. The number of carbonyl (C=O) groups is 2. The van der Waals surface area contributed by atoms with E-state index in [0.717, 1.165) is 0 Å². The highest BCUT2D eigenvalue weighted by atomic mass is 19.4. The summed E-state index contributed by atoms with van der Waals surface area (Å²) in [6.07, 6.45) is -4.71. The lowest BCUT2D eigenvalue weighted by Gasteiger charge is -2.09. The van der Waals surface area contributed by atoms with Gasteiger partial charge in [-0.15, -0.1) is 5.10 Å². The van der Waals surface area contributed by atoms with E-state index >= 15 is 0 Å². The molecule has 0 radical (unpaired) electrons. The molecule has 2 rings (SSSR count). The van der Waals surface area contributed by atoms with Crippen LogP contribution < -0.4 is 0 Å². The van der Waals surface area contributed by atoms with Crippen molar-refractivity contribution in [3.63, 3.8) is 0 Å². The number of aliphatic carboxylic acids is 1. The van der Waals surface area contributed by atoms with Crippen LogP contribution in [0.5, 0.6) is 0 Å². The number of carboxylic acid groups (broad SMARTS) is 2. The van der Waals surface area contributed by atoms with Gasteiger partial charge in [0.2, 0.25) is 5.69 Å². The third-order valence-electron chi connectivity index (χ3n) is 3.29. The summed E-state index contributed by atoms with van der Waals surface area (Å²) in [4.78, 5) is 22.0. The first-order valence-corrected chi connectivity index (χ1v) is 6.69. The maximum atomic E-state index is 12.8. The van der Waals surface area contributed by atoms with Gasteiger partial charge in [-0.05, 0) is 24.1 Å². The molecule has 0 fully saturated rings. The number of aromatic nitrogens is 3. The summed E-state index contributed by atoms with van der Waals surface area (Å²) < 4.78 is 38.9. The van der Waals surface area contributed by atoms with E-state index in [2.05, 4.69) is 10.3 Å². The first kappa shape index (κ1) is 17.4. The maximum Gasteiger partial charge on any atom is 0.437 e. The molecule has 0 spiro atoms. The van der Waals surface area contributed by atoms with Gasteiger partial charge >= 0.3 is 18.1 Å². The second-order valence-corrected chi connectivity index (χ2v) is 5.11. The fraction of sp³-hybridized carbons (Fsp3) is 0.286. The minimum atomic E-state index is -4.94. The monoisotopic (exact) mass is 343 g/mol. The van der Waals surface area contributed by atoms with Crippen molar-refractivity contribution in [1.29, 1.82) is 0 Å². The second-order valence-electron chi connectivity index (χ2n) is 5.11. The van der Waals surface area contributed by atoms with E-state index < -0.39 is 35.4 Å². The van der Waals surface area contributed by atoms with Gasteiger partial charge in [-0.25, -0.2) is 9.48 Å². The lowest BCUT2D eigenvalue weighted by Crippen LogP contribution is -2.16. The molecule has 0 bridgehead atoms. The molecule has 2 N–H and O–H groups in total. The zero-order chi connectivity index (χ0) is 18.1. The number of nitrogens with zero attached hydrogens (tertiary/aromatic N) is 3. The molecule has 1 atom stereocenters. The maximum absolute atomic E-state index is 12.8. The van der Waals surface area contributed by atoms with Crippen LogP contribution in [0, 0.1) is 5.92 Å². The Bertz CT molecular complexity index is 769. The van der Waals surface area contributed by atoms with E-state index in [1.54, 1.807) is 0 Å². The van der Waals surface area contributed by atoms with Crippen LogP contribution in [0.15, 0.2) is 24.3 Å². The molecular weight excluding hydrogens is 331 g/mol. The molecule has 128 valence electrons. The smallest absolute Gasteiger partial charge is 0.437 e. The summed E-state index contributed by atoms with van der Waals surface area (Å²) in [6.45, 7) is 1.52. The molecule has 7 nitrogen and oxygen atoms in total. The van der Waals surface area contributed by atoms with Crippen LogP contribution in [0.4, 0.5) is 13.2 Å². The molecule has 2 aromatic rings. The van der Waals surface area contributed by atoms with Crippen molar-refractivity contribution in [2.75, 3.05) is 0 Å². The largest absolute Gasteiger partial charge is 0.481 e. The minimum absolute atomic E-state index is 0.0714. The Labute approximate surface area is 133 Å². The molecular formula is C14H12F3N3O4. The lowest BCUT2D eigenvalue weighted by molar-refractivity contribution is -0.142. The molecule has 10 heteroatoms. The highest BCUT2D eigenvalue weighted by Gasteiger charge is 2.41. The molecule has 0 aliphatic heterocycles. The number of aromatic carboxylic acids is 1. The van der Waals surface area contributed by atoms with Crippen LogP contribution in [-0.4, -0.2) is 37.1 Å². The van der Waals surface area contributed by atoms with Gasteiger partial charge in [0.1, 0.15) is 0 Å². The quantitative estimate of drug-likeness (QED) is 0.863. The van der Waals surface area contributed by atoms with Crippen LogP contribution in [0.2, 0.25) is 0 Å². The highest BCUT2D eigenvalue weighted by molar-refractivity contribution is 5.87. The molecule has 1 aromatic carbocycles. The van der Waals surface area contributed by atoms with Crippen LogP contribution in [0.1, 0.15) is 28.7 Å². The van der Waals surface area contributed by atoms with Gasteiger partial charge in [0.05, 0.1) is 11.6 Å². The van der Waals surface area contributed by atoms with Crippen molar-refractivity contribution in [3.05, 3.63) is 41.2 Å².